The van der Waals surface area contributed by atoms with Crippen LogP contribution in [0, 0.1) is 5.82 Å². The molecule has 0 aliphatic carbocycles. The molecule has 1 aliphatic heterocycles. The normalized spacial score (nSPS) is 18.9. The van der Waals surface area contributed by atoms with Crippen LogP contribution in [0.2, 0.25) is 5.02 Å². The van der Waals surface area contributed by atoms with Crippen molar-refractivity contribution in [3.63, 3.8) is 0 Å². The van der Waals surface area contributed by atoms with Gasteiger partial charge in [-0.05, 0) is 25.1 Å². The van der Waals surface area contributed by atoms with Crippen LogP contribution >= 0.6 is 11.6 Å². The van der Waals surface area contributed by atoms with Crippen molar-refractivity contribution in [1.82, 2.24) is 10.2 Å². The van der Waals surface area contributed by atoms with Crippen LogP contribution in [0.3, 0.4) is 0 Å². The van der Waals surface area contributed by atoms with E-state index in [0.717, 1.165) is 19.6 Å². The lowest BCUT2D eigenvalue weighted by Crippen LogP contribution is -2.52. The number of carbonyl (C=O) groups is 1. The molecule has 1 N–H and O–H groups in total. The molecule has 1 aromatic carbocycles. The number of benzene rings is 1. The predicted octanol–water partition coefficient (Wildman–Crippen LogP) is 2.07. The molecule has 1 aromatic rings. The molecule has 0 bridgehead atoms. The first-order chi connectivity index (χ1) is 9.58. The van der Waals surface area contributed by atoms with E-state index in [-0.39, 0.29) is 30.0 Å². The van der Waals surface area contributed by atoms with Gasteiger partial charge in [0, 0.05) is 25.7 Å². The third kappa shape index (κ3) is 3.84. The topological polar surface area (TPSA) is 41.6 Å². The Labute approximate surface area is 122 Å². The van der Waals surface area contributed by atoms with Crippen molar-refractivity contribution in [2.24, 2.45) is 0 Å². The Bertz CT molecular complexity index is 484. The highest BCUT2D eigenvalue weighted by Crippen LogP contribution is 2.24. The zero-order valence-corrected chi connectivity index (χ0v) is 12.1. The van der Waals surface area contributed by atoms with Crippen molar-refractivity contribution in [1.29, 1.82) is 0 Å². The number of carbonyl (C=O) groups excluding carboxylic acids is 1. The first-order valence-corrected chi connectivity index (χ1v) is 7.04. The molecule has 110 valence electrons. The van der Waals surface area contributed by atoms with E-state index in [1.807, 2.05) is 11.8 Å². The lowest BCUT2D eigenvalue weighted by molar-refractivity contribution is -0.134. The highest BCUT2D eigenvalue weighted by molar-refractivity contribution is 6.32. The van der Waals surface area contributed by atoms with Crippen molar-refractivity contribution >= 4 is 17.5 Å². The highest BCUT2D eigenvalue weighted by atomic mass is 35.5. The second-order valence-corrected chi connectivity index (χ2v) is 5.22. The highest BCUT2D eigenvalue weighted by Gasteiger charge is 2.22. The standard InChI is InChI=1S/C14H18ClFN2O2/c1-10-9-17-5-6-18(10)14(19)4-7-20-13-3-2-11(16)8-12(13)15/h2-3,8,10,17H,4-7,9H2,1H3/t10-/m1/s1. The molecule has 1 heterocycles. The van der Waals surface area contributed by atoms with E-state index in [4.69, 9.17) is 16.3 Å². The number of nitrogens with one attached hydrogen (secondary N) is 1. The molecule has 1 atom stereocenters. The first-order valence-electron chi connectivity index (χ1n) is 6.66. The van der Waals surface area contributed by atoms with Gasteiger partial charge in [-0.15, -0.1) is 0 Å². The van der Waals surface area contributed by atoms with Gasteiger partial charge in [0.25, 0.3) is 0 Å². The van der Waals surface area contributed by atoms with Gasteiger partial charge in [-0.3, -0.25) is 4.79 Å². The molecule has 1 amide bonds. The fraction of sp³-hybridized carbons (Fsp3) is 0.500. The Balaban J connectivity index is 1.81. The first kappa shape index (κ1) is 15.1. The van der Waals surface area contributed by atoms with E-state index in [1.165, 1.54) is 18.2 Å². The molecule has 0 saturated carbocycles. The van der Waals surface area contributed by atoms with Gasteiger partial charge < -0.3 is 15.0 Å². The second-order valence-electron chi connectivity index (χ2n) is 4.81. The Morgan fingerprint density at radius 1 is 1.60 bits per heavy atom. The molecular formula is C14H18ClFN2O2. The predicted molar refractivity (Wildman–Crippen MR) is 75.6 cm³/mol. The fourth-order valence-electron chi connectivity index (χ4n) is 2.20. The zero-order valence-electron chi connectivity index (χ0n) is 11.4. The van der Waals surface area contributed by atoms with Gasteiger partial charge in [0.2, 0.25) is 5.91 Å². The van der Waals surface area contributed by atoms with Crippen molar-refractivity contribution in [3.05, 3.63) is 29.0 Å². The molecular weight excluding hydrogens is 283 g/mol. The number of hydrogen-bond acceptors (Lipinski definition) is 3. The zero-order chi connectivity index (χ0) is 14.5. The Hall–Kier alpha value is -1.33. The van der Waals surface area contributed by atoms with Crippen molar-refractivity contribution in [2.75, 3.05) is 26.2 Å². The maximum Gasteiger partial charge on any atom is 0.226 e. The Morgan fingerprint density at radius 3 is 3.10 bits per heavy atom. The molecule has 0 unspecified atom stereocenters. The van der Waals surface area contributed by atoms with Crippen LogP contribution in [0.5, 0.6) is 5.75 Å². The minimum Gasteiger partial charge on any atom is -0.491 e. The molecule has 1 aliphatic rings. The van der Waals surface area contributed by atoms with Crippen molar-refractivity contribution in [2.45, 2.75) is 19.4 Å². The molecule has 1 fully saturated rings. The van der Waals surface area contributed by atoms with E-state index in [1.54, 1.807) is 0 Å². The molecule has 0 spiro atoms. The van der Waals surface area contributed by atoms with Gasteiger partial charge in [-0.2, -0.15) is 0 Å². The minimum absolute atomic E-state index is 0.0669. The lowest BCUT2D eigenvalue weighted by atomic mass is 10.2. The number of amides is 1. The van der Waals surface area contributed by atoms with Crippen LogP contribution in [0.25, 0.3) is 0 Å². The van der Waals surface area contributed by atoms with E-state index >= 15 is 0 Å². The van der Waals surface area contributed by atoms with Gasteiger partial charge in [-0.25, -0.2) is 4.39 Å². The van der Waals surface area contributed by atoms with E-state index < -0.39 is 5.82 Å². The van der Waals surface area contributed by atoms with Crippen molar-refractivity contribution in [3.8, 4) is 5.75 Å². The number of ether oxygens (including phenoxy) is 1. The van der Waals surface area contributed by atoms with Crippen LogP contribution in [0.4, 0.5) is 4.39 Å². The monoisotopic (exact) mass is 300 g/mol. The average Bonchev–Trinajstić information content (AvgIpc) is 2.41. The summed E-state index contributed by atoms with van der Waals surface area (Å²) in [6.45, 7) is 4.61. The summed E-state index contributed by atoms with van der Waals surface area (Å²) >= 11 is 5.85. The molecule has 4 nitrogen and oxygen atoms in total. The summed E-state index contributed by atoms with van der Waals surface area (Å²) in [5, 5.41) is 3.45. The molecule has 20 heavy (non-hydrogen) atoms. The van der Waals surface area contributed by atoms with E-state index in [0.29, 0.717) is 5.75 Å². The van der Waals surface area contributed by atoms with Crippen LogP contribution in [-0.4, -0.2) is 43.1 Å². The van der Waals surface area contributed by atoms with Gasteiger partial charge in [0.15, 0.2) is 0 Å². The summed E-state index contributed by atoms with van der Waals surface area (Å²) in [6.07, 6.45) is 0.290. The Kier molecular flexibility index (Phi) is 5.20. The van der Waals surface area contributed by atoms with E-state index in [9.17, 15) is 9.18 Å². The quantitative estimate of drug-likeness (QED) is 0.925. The van der Waals surface area contributed by atoms with Gasteiger partial charge in [-0.1, -0.05) is 11.6 Å². The molecule has 6 heteroatoms. The SMILES string of the molecule is C[C@@H]1CNCCN1C(=O)CCOc1ccc(F)cc1Cl. The maximum atomic E-state index is 12.9. The lowest BCUT2D eigenvalue weighted by Gasteiger charge is -2.34. The third-order valence-corrected chi connectivity index (χ3v) is 3.58. The number of halogens is 2. The van der Waals surface area contributed by atoms with Gasteiger partial charge in [0.1, 0.15) is 11.6 Å². The minimum atomic E-state index is -0.409. The summed E-state index contributed by atoms with van der Waals surface area (Å²) in [4.78, 5) is 13.9. The number of piperazine rings is 1. The summed E-state index contributed by atoms with van der Waals surface area (Å²) in [6, 6.07) is 4.14. The summed E-state index contributed by atoms with van der Waals surface area (Å²) in [5.74, 6) is 0.0551. The third-order valence-electron chi connectivity index (χ3n) is 3.29. The second kappa shape index (κ2) is 6.90. The van der Waals surface area contributed by atoms with E-state index in [2.05, 4.69) is 5.32 Å². The smallest absolute Gasteiger partial charge is 0.226 e. The maximum absolute atomic E-state index is 12.9. The molecule has 0 radical (unpaired) electrons. The summed E-state index contributed by atoms with van der Waals surface area (Å²) in [5.41, 5.74) is 0. The average molecular weight is 301 g/mol. The summed E-state index contributed by atoms with van der Waals surface area (Å²) < 4.78 is 18.3. The van der Waals surface area contributed by atoms with Gasteiger partial charge >= 0.3 is 0 Å². The largest absolute Gasteiger partial charge is 0.491 e. The number of nitrogens with zero attached hydrogens (tertiary/aromatic N) is 1. The fourth-order valence-corrected chi connectivity index (χ4v) is 2.42. The molecule has 2 rings (SSSR count). The van der Waals surface area contributed by atoms with Crippen LogP contribution in [-0.2, 0) is 4.79 Å². The van der Waals surface area contributed by atoms with Crippen LogP contribution < -0.4 is 10.1 Å². The van der Waals surface area contributed by atoms with Crippen molar-refractivity contribution < 1.29 is 13.9 Å². The van der Waals surface area contributed by atoms with Gasteiger partial charge in [0.05, 0.1) is 18.1 Å². The van der Waals surface area contributed by atoms with Crippen LogP contribution in [0.1, 0.15) is 13.3 Å². The summed E-state index contributed by atoms with van der Waals surface area (Å²) in [7, 11) is 0. The molecule has 0 aromatic heterocycles. The Morgan fingerprint density at radius 2 is 2.40 bits per heavy atom. The number of hydrogen-bond donors (Lipinski definition) is 1. The molecule has 1 saturated heterocycles. The van der Waals surface area contributed by atoms with Crippen LogP contribution in [0.15, 0.2) is 18.2 Å². The number of rotatable bonds is 4.